The van der Waals surface area contributed by atoms with Crippen LogP contribution in [0.25, 0.3) is 0 Å². The molecule has 4 rings (SSSR count). The number of anilines is 2. The summed E-state index contributed by atoms with van der Waals surface area (Å²) in [6.45, 7) is 0. The molecule has 2 aromatic carbocycles. The van der Waals surface area contributed by atoms with Gasteiger partial charge in [-0.25, -0.2) is 5.01 Å². The third kappa shape index (κ3) is 2.70. The number of halogens is 1. The van der Waals surface area contributed by atoms with Crippen LogP contribution in [0.1, 0.15) is 5.56 Å². The molecule has 1 fully saturated rings. The minimum absolute atomic E-state index is 0.179. The van der Waals surface area contributed by atoms with Crippen LogP contribution in [0.4, 0.5) is 11.4 Å². The van der Waals surface area contributed by atoms with Crippen LogP contribution in [0.15, 0.2) is 48.5 Å². The Hall–Kier alpha value is -2.29. The molecule has 132 valence electrons. The van der Waals surface area contributed by atoms with Crippen molar-refractivity contribution in [3.63, 3.8) is 0 Å². The van der Waals surface area contributed by atoms with Crippen molar-refractivity contribution in [2.24, 2.45) is 0 Å². The Morgan fingerprint density at radius 3 is 2.69 bits per heavy atom. The van der Waals surface area contributed by atoms with E-state index < -0.39 is 4.87 Å². The molecule has 6 nitrogen and oxygen atoms in total. The van der Waals surface area contributed by atoms with Crippen LogP contribution in [-0.4, -0.2) is 27.7 Å². The van der Waals surface area contributed by atoms with E-state index in [1.165, 1.54) is 16.8 Å². The van der Waals surface area contributed by atoms with E-state index in [2.05, 4.69) is 16.1 Å². The molecule has 0 aromatic heterocycles. The minimum Gasteiger partial charge on any atom is -0.331 e. The average molecular weight is 405 g/mol. The van der Waals surface area contributed by atoms with E-state index in [4.69, 9.17) is 23.8 Å². The van der Waals surface area contributed by atoms with E-state index >= 15 is 0 Å². The molecule has 1 atom stereocenters. The largest absolute Gasteiger partial charge is 0.331 e. The minimum atomic E-state index is -1.17. The van der Waals surface area contributed by atoms with Crippen LogP contribution in [0.2, 0.25) is 5.02 Å². The second-order valence-electron chi connectivity index (χ2n) is 5.73. The van der Waals surface area contributed by atoms with Crippen molar-refractivity contribution in [1.29, 1.82) is 0 Å². The average Bonchev–Trinajstić information content (AvgIpc) is 3.10. The van der Waals surface area contributed by atoms with E-state index in [1.807, 2.05) is 24.3 Å². The van der Waals surface area contributed by atoms with Gasteiger partial charge in [-0.05, 0) is 42.5 Å². The van der Waals surface area contributed by atoms with E-state index in [1.54, 1.807) is 24.3 Å². The molecule has 2 aliphatic rings. The Morgan fingerprint density at radius 1 is 1.19 bits per heavy atom. The van der Waals surface area contributed by atoms with Gasteiger partial charge in [-0.2, -0.15) is 0 Å². The highest BCUT2D eigenvalue weighted by Gasteiger charge is 2.58. The number of hydrogen-bond donors (Lipinski definition) is 3. The van der Waals surface area contributed by atoms with Crippen molar-refractivity contribution in [3.05, 3.63) is 59.1 Å². The van der Waals surface area contributed by atoms with Crippen molar-refractivity contribution in [1.82, 2.24) is 10.4 Å². The summed E-state index contributed by atoms with van der Waals surface area (Å²) in [7, 11) is 0. The molecule has 1 unspecified atom stereocenters. The number of para-hydroxylation sites is 1. The summed E-state index contributed by atoms with van der Waals surface area (Å²) >= 11 is 12.5. The van der Waals surface area contributed by atoms with Gasteiger partial charge < -0.3 is 10.6 Å². The Bertz CT molecular complexity index is 921. The Morgan fingerprint density at radius 2 is 1.92 bits per heavy atom. The van der Waals surface area contributed by atoms with Gasteiger partial charge in [0.2, 0.25) is 4.87 Å². The highest BCUT2D eigenvalue weighted by Crippen LogP contribution is 2.51. The fourth-order valence-corrected chi connectivity index (χ4v) is 4.58. The van der Waals surface area contributed by atoms with Crippen molar-refractivity contribution < 1.29 is 9.59 Å². The lowest BCUT2D eigenvalue weighted by Crippen LogP contribution is -2.56. The number of carbonyl (C=O) groups excluding carboxylic acids is 2. The van der Waals surface area contributed by atoms with Gasteiger partial charge in [0.1, 0.15) is 0 Å². The number of carbonyl (C=O) groups is 2. The number of thioether (sulfide) groups is 1. The number of thiocarbonyl (C=S) groups is 1. The Kier molecular flexibility index (Phi) is 4.26. The number of amides is 2. The highest BCUT2D eigenvalue weighted by molar-refractivity contribution is 8.02. The first-order valence-corrected chi connectivity index (χ1v) is 9.49. The summed E-state index contributed by atoms with van der Waals surface area (Å²) in [4.78, 5) is 24.1. The number of fused-ring (bicyclic) bond motifs is 2. The Labute approximate surface area is 164 Å². The van der Waals surface area contributed by atoms with Crippen molar-refractivity contribution >= 4 is 63.9 Å². The first-order chi connectivity index (χ1) is 12.5. The molecule has 1 spiro atoms. The molecule has 2 aliphatic heterocycles. The van der Waals surface area contributed by atoms with E-state index in [9.17, 15) is 9.59 Å². The standard InChI is InChI=1S/C17H13ClN4O2S2/c18-10-5-7-11(8-6-10)19-16(25)21-22-14(23)9-26-17(22)12-3-1-2-4-13(12)20-15(17)24/h1-8H,9H2,(H,20,24)(H2,19,21,25). The van der Waals surface area contributed by atoms with Crippen LogP contribution in [0.3, 0.4) is 0 Å². The van der Waals surface area contributed by atoms with Gasteiger partial charge >= 0.3 is 0 Å². The zero-order valence-corrected chi connectivity index (χ0v) is 15.7. The molecule has 0 bridgehead atoms. The maximum absolute atomic E-state index is 12.7. The molecule has 0 radical (unpaired) electrons. The predicted octanol–water partition coefficient (Wildman–Crippen LogP) is 2.92. The summed E-state index contributed by atoms with van der Waals surface area (Å²) in [6.07, 6.45) is 0. The molecule has 2 amide bonds. The number of benzene rings is 2. The molecule has 0 aliphatic carbocycles. The van der Waals surface area contributed by atoms with Gasteiger partial charge in [0.15, 0.2) is 5.11 Å². The maximum atomic E-state index is 12.7. The van der Waals surface area contributed by atoms with Crippen molar-refractivity contribution in [2.75, 3.05) is 16.4 Å². The van der Waals surface area contributed by atoms with Crippen molar-refractivity contribution in [3.8, 4) is 0 Å². The number of nitrogens with one attached hydrogen (secondary N) is 3. The number of nitrogens with zero attached hydrogens (tertiary/aromatic N) is 1. The molecule has 26 heavy (non-hydrogen) atoms. The van der Waals surface area contributed by atoms with Crippen molar-refractivity contribution in [2.45, 2.75) is 4.87 Å². The van der Waals surface area contributed by atoms with E-state index in [0.29, 0.717) is 10.7 Å². The smallest absolute Gasteiger partial charge is 0.267 e. The lowest BCUT2D eigenvalue weighted by molar-refractivity contribution is -0.138. The first kappa shape index (κ1) is 17.1. The molecule has 2 aromatic rings. The number of hydrazine groups is 1. The first-order valence-electron chi connectivity index (χ1n) is 7.72. The fraction of sp³-hybridized carbons (Fsp3) is 0.118. The topological polar surface area (TPSA) is 73.5 Å². The lowest BCUT2D eigenvalue weighted by Gasteiger charge is -2.32. The molecular weight excluding hydrogens is 392 g/mol. The number of hydrogen-bond acceptors (Lipinski definition) is 4. The third-order valence-corrected chi connectivity index (χ3v) is 5.97. The third-order valence-electron chi connectivity index (χ3n) is 4.13. The second-order valence-corrected chi connectivity index (χ2v) is 7.75. The molecule has 0 saturated carbocycles. The maximum Gasteiger partial charge on any atom is 0.267 e. The van der Waals surface area contributed by atoms with Gasteiger partial charge in [0.25, 0.3) is 11.8 Å². The molecule has 2 heterocycles. The van der Waals surface area contributed by atoms with Crippen LogP contribution in [-0.2, 0) is 14.5 Å². The van der Waals surface area contributed by atoms with Gasteiger partial charge in [-0.1, -0.05) is 29.8 Å². The van der Waals surface area contributed by atoms with E-state index in [-0.39, 0.29) is 22.7 Å². The fourth-order valence-electron chi connectivity index (χ4n) is 2.99. The van der Waals surface area contributed by atoms with E-state index in [0.717, 1.165) is 11.3 Å². The quantitative estimate of drug-likeness (QED) is 0.668. The predicted molar refractivity (Wildman–Crippen MR) is 107 cm³/mol. The van der Waals surface area contributed by atoms with Gasteiger partial charge in [0, 0.05) is 22.0 Å². The highest BCUT2D eigenvalue weighted by atomic mass is 35.5. The summed E-state index contributed by atoms with van der Waals surface area (Å²) in [6, 6.07) is 14.3. The molecule has 9 heteroatoms. The Balaban J connectivity index is 1.60. The summed E-state index contributed by atoms with van der Waals surface area (Å²) in [5, 5.41) is 7.95. The summed E-state index contributed by atoms with van der Waals surface area (Å²) in [5.41, 5.74) is 5.04. The molecular formula is C17H13ClN4O2S2. The van der Waals surface area contributed by atoms with Gasteiger partial charge in [0.05, 0.1) is 5.75 Å². The zero-order valence-electron chi connectivity index (χ0n) is 13.3. The normalized spacial score (nSPS) is 20.9. The second kappa shape index (κ2) is 6.46. The SMILES string of the molecule is O=C1CSC2(C(=O)Nc3ccccc32)N1NC(=S)Nc1ccc(Cl)cc1. The van der Waals surface area contributed by atoms with Gasteiger partial charge in [-0.15, -0.1) is 11.8 Å². The zero-order chi connectivity index (χ0) is 18.3. The number of rotatable bonds is 2. The lowest BCUT2D eigenvalue weighted by atomic mass is 10.1. The van der Waals surface area contributed by atoms with Crippen LogP contribution < -0.4 is 16.1 Å². The summed E-state index contributed by atoms with van der Waals surface area (Å²) < 4.78 is 0. The monoisotopic (exact) mass is 404 g/mol. The van der Waals surface area contributed by atoms with Gasteiger partial charge in [-0.3, -0.25) is 15.0 Å². The summed E-state index contributed by atoms with van der Waals surface area (Å²) in [5.74, 6) is -0.309. The van der Waals surface area contributed by atoms with Crippen LogP contribution in [0, 0.1) is 0 Å². The molecule has 1 saturated heterocycles. The van der Waals surface area contributed by atoms with Crippen LogP contribution >= 0.6 is 35.6 Å². The van der Waals surface area contributed by atoms with Crippen LogP contribution in [0.5, 0.6) is 0 Å². The molecule has 3 N–H and O–H groups in total.